The SMILES string of the molecule is COC(=O)c1c(NC(=O)c2cc(COc3ccccc3Cl)cs2)sc2c1CCCCC2. The zero-order chi connectivity index (χ0) is 21.8. The molecule has 2 heterocycles. The Hall–Kier alpha value is -2.35. The van der Waals surface area contributed by atoms with Crippen LogP contribution in [0.3, 0.4) is 0 Å². The van der Waals surface area contributed by atoms with Gasteiger partial charge in [0.1, 0.15) is 17.4 Å². The number of hydrogen-bond acceptors (Lipinski definition) is 6. The number of thiophene rings is 2. The second-order valence-corrected chi connectivity index (χ2v) is 9.68. The van der Waals surface area contributed by atoms with E-state index >= 15 is 0 Å². The molecular weight excluding hydrogens is 454 g/mol. The number of hydrogen-bond donors (Lipinski definition) is 1. The van der Waals surface area contributed by atoms with E-state index < -0.39 is 5.97 Å². The van der Waals surface area contributed by atoms with Crippen molar-refractivity contribution in [1.82, 2.24) is 0 Å². The third-order valence-electron chi connectivity index (χ3n) is 5.15. The molecule has 31 heavy (non-hydrogen) atoms. The highest BCUT2D eigenvalue weighted by Gasteiger charge is 2.26. The summed E-state index contributed by atoms with van der Waals surface area (Å²) in [5.41, 5.74) is 2.42. The number of halogens is 1. The minimum Gasteiger partial charge on any atom is -0.487 e. The lowest BCUT2D eigenvalue weighted by Gasteiger charge is -2.07. The van der Waals surface area contributed by atoms with Crippen LogP contribution in [0.1, 0.15) is 55.3 Å². The lowest BCUT2D eigenvalue weighted by atomic mass is 10.1. The summed E-state index contributed by atoms with van der Waals surface area (Å²) in [5, 5.41) is 5.95. The Bertz CT molecular complexity index is 1100. The number of benzene rings is 1. The molecule has 0 saturated carbocycles. The van der Waals surface area contributed by atoms with E-state index in [0.29, 0.717) is 32.8 Å². The molecule has 1 aliphatic carbocycles. The number of ether oxygens (including phenoxy) is 2. The van der Waals surface area contributed by atoms with Crippen LogP contribution in [0.4, 0.5) is 5.00 Å². The number of rotatable bonds is 6. The number of para-hydroxylation sites is 1. The number of anilines is 1. The van der Waals surface area contributed by atoms with E-state index in [0.717, 1.165) is 43.2 Å². The molecule has 0 spiro atoms. The van der Waals surface area contributed by atoms with Gasteiger partial charge in [-0.15, -0.1) is 22.7 Å². The van der Waals surface area contributed by atoms with E-state index in [1.54, 1.807) is 18.2 Å². The van der Waals surface area contributed by atoms with Gasteiger partial charge in [0.05, 0.1) is 22.6 Å². The summed E-state index contributed by atoms with van der Waals surface area (Å²) in [7, 11) is 1.37. The van der Waals surface area contributed by atoms with Gasteiger partial charge in [-0.2, -0.15) is 0 Å². The Kier molecular flexibility index (Phi) is 6.95. The molecule has 5 nitrogen and oxygen atoms in total. The number of esters is 1. The van der Waals surface area contributed by atoms with E-state index in [9.17, 15) is 9.59 Å². The van der Waals surface area contributed by atoms with Gasteiger partial charge in [-0.1, -0.05) is 30.2 Å². The third kappa shape index (κ3) is 4.95. The average molecular weight is 476 g/mol. The molecule has 0 fully saturated rings. The number of carbonyl (C=O) groups is 2. The van der Waals surface area contributed by atoms with Crippen LogP contribution in [-0.4, -0.2) is 19.0 Å². The fourth-order valence-electron chi connectivity index (χ4n) is 3.61. The second-order valence-electron chi connectivity index (χ2n) is 7.25. The first-order valence-corrected chi connectivity index (χ1v) is 12.1. The van der Waals surface area contributed by atoms with Crippen LogP contribution in [0.15, 0.2) is 35.7 Å². The van der Waals surface area contributed by atoms with Crippen LogP contribution in [0.2, 0.25) is 5.02 Å². The largest absolute Gasteiger partial charge is 0.487 e. The monoisotopic (exact) mass is 475 g/mol. The zero-order valence-corrected chi connectivity index (χ0v) is 19.4. The minimum absolute atomic E-state index is 0.240. The third-order valence-corrected chi connectivity index (χ3v) is 7.64. The van der Waals surface area contributed by atoms with Gasteiger partial charge in [0.2, 0.25) is 0 Å². The molecule has 0 aliphatic heterocycles. The van der Waals surface area contributed by atoms with Crippen LogP contribution in [-0.2, 0) is 24.2 Å². The number of carbonyl (C=O) groups excluding carboxylic acids is 2. The molecule has 2 aromatic heterocycles. The molecule has 0 saturated heterocycles. The Morgan fingerprint density at radius 1 is 1.16 bits per heavy atom. The number of amides is 1. The van der Waals surface area contributed by atoms with E-state index in [4.69, 9.17) is 21.1 Å². The number of nitrogens with one attached hydrogen (secondary N) is 1. The van der Waals surface area contributed by atoms with Gasteiger partial charge in [-0.25, -0.2) is 4.79 Å². The molecule has 4 rings (SSSR count). The summed E-state index contributed by atoms with van der Waals surface area (Å²) in [6, 6.07) is 9.07. The number of aryl methyl sites for hydroxylation is 1. The summed E-state index contributed by atoms with van der Waals surface area (Å²) in [5.74, 6) is -0.0329. The Labute approximate surface area is 194 Å². The van der Waals surface area contributed by atoms with Crippen LogP contribution < -0.4 is 10.1 Å². The molecule has 0 radical (unpaired) electrons. The molecular formula is C23H22ClNO4S2. The van der Waals surface area contributed by atoms with Gasteiger partial charge in [0, 0.05) is 10.4 Å². The summed E-state index contributed by atoms with van der Waals surface area (Å²) in [4.78, 5) is 27.1. The van der Waals surface area contributed by atoms with Crippen LogP contribution >= 0.6 is 34.3 Å². The Morgan fingerprint density at radius 3 is 2.77 bits per heavy atom. The van der Waals surface area contributed by atoms with Crippen molar-refractivity contribution >= 4 is 51.2 Å². The molecule has 8 heteroatoms. The summed E-state index contributed by atoms with van der Waals surface area (Å²) in [6.45, 7) is 0.314. The minimum atomic E-state index is -0.394. The summed E-state index contributed by atoms with van der Waals surface area (Å²) >= 11 is 8.95. The van der Waals surface area contributed by atoms with Crippen LogP contribution in [0, 0.1) is 0 Å². The van der Waals surface area contributed by atoms with Gasteiger partial charge >= 0.3 is 5.97 Å². The molecule has 0 bridgehead atoms. The number of fused-ring (bicyclic) bond motifs is 1. The quantitative estimate of drug-likeness (QED) is 0.333. The second kappa shape index (κ2) is 9.85. The zero-order valence-electron chi connectivity index (χ0n) is 17.0. The lowest BCUT2D eigenvalue weighted by molar-refractivity contribution is 0.0601. The van der Waals surface area contributed by atoms with Crippen molar-refractivity contribution in [3.8, 4) is 5.75 Å². The van der Waals surface area contributed by atoms with E-state index in [1.807, 2.05) is 17.5 Å². The molecule has 1 aliphatic rings. The molecule has 1 aromatic carbocycles. The van der Waals surface area contributed by atoms with E-state index in [2.05, 4.69) is 5.32 Å². The first-order valence-electron chi connectivity index (χ1n) is 10.1. The van der Waals surface area contributed by atoms with Gasteiger partial charge in [0.15, 0.2) is 0 Å². The molecule has 1 N–H and O–H groups in total. The predicted molar refractivity (Wildman–Crippen MR) is 125 cm³/mol. The first-order chi connectivity index (χ1) is 15.1. The van der Waals surface area contributed by atoms with Crippen molar-refractivity contribution in [3.63, 3.8) is 0 Å². The van der Waals surface area contributed by atoms with Crippen LogP contribution in [0.25, 0.3) is 0 Å². The average Bonchev–Trinajstić information content (AvgIpc) is 3.31. The van der Waals surface area contributed by atoms with Gasteiger partial charge < -0.3 is 14.8 Å². The molecule has 3 aromatic rings. The number of methoxy groups -OCH3 is 1. The van der Waals surface area contributed by atoms with Gasteiger partial charge in [0.25, 0.3) is 5.91 Å². The smallest absolute Gasteiger partial charge is 0.341 e. The Balaban J connectivity index is 1.49. The standard InChI is InChI=1S/C23H22ClNO4S2/c1-28-23(27)20-15-7-3-2-4-10-18(15)31-22(20)25-21(26)19-11-14(13-30-19)12-29-17-9-6-5-8-16(17)24/h5-6,8-9,11,13H,2-4,7,10,12H2,1H3,(H,25,26). The maximum Gasteiger partial charge on any atom is 0.341 e. The fraction of sp³-hybridized carbons (Fsp3) is 0.304. The van der Waals surface area contributed by atoms with Crippen LogP contribution in [0.5, 0.6) is 5.75 Å². The molecule has 1 amide bonds. The van der Waals surface area contributed by atoms with E-state index in [-0.39, 0.29) is 5.91 Å². The van der Waals surface area contributed by atoms with Gasteiger partial charge in [-0.3, -0.25) is 4.79 Å². The fourth-order valence-corrected chi connectivity index (χ4v) is 5.86. The normalized spacial score (nSPS) is 13.2. The van der Waals surface area contributed by atoms with Crippen molar-refractivity contribution in [1.29, 1.82) is 0 Å². The van der Waals surface area contributed by atoms with Crippen molar-refractivity contribution < 1.29 is 19.1 Å². The summed E-state index contributed by atoms with van der Waals surface area (Å²) < 4.78 is 10.8. The highest BCUT2D eigenvalue weighted by atomic mass is 35.5. The van der Waals surface area contributed by atoms with Crippen molar-refractivity contribution in [3.05, 3.63) is 67.2 Å². The lowest BCUT2D eigenvalue weighted by Crippen LogP contribution is -2.13. The molecule has 0 unspecified atom stereocenters. The Morgan fingerprint density at radius 2 is 1.97 bits per heavy atom. The maximum absolute atomic E-state index is 12.9. The van der Waals surface area contributed by atoms with Crippen molar-refractivity contribution in [2.24, 2.45) is 0 Å². The highest BCUT2D eigenvalue weighted by Crippen LogP contribution is 2.38. The first kappa shape index (κ1) is 21.9. The molecule has 162 valence electrons. The van der Waals surface area contributed by atoms with E-state index in [1.165, 1.54) is 34.7 Å². The van der Waals surface area contributed by atoms with Crippen molar-refractivity contribution in [2.45, 2.75) is 38.7 Å². The topological polar surface area (TPSA) is 64.6 Å². The predicted octanol–water partition coefficient (Wildman–Crippen LogP) is 6.35. The highest BCUT2D eigenvalue weighted by molar-refractivity contribution is 7.17. The molecule has 0 atom stereocenters. The van der Waals surface area contributed by atoms with Crippen molar-refractivity contribution in [2.75, 3.05) is 12.4 Å². The van der Waals surface area contributed by atoms with Gasteiger partial charge in [-0.05, 0) is 54.8 Å². The maximum atomic E-state index is 12.9. The summed E-state index contributed by atoms with van der Waals surface area (Å²) in [6.07, 6.45) is 5.07.